The summed E-state index contributed by atoms with van der Waals surface area (Å²) >= 11 is 0. The molecule has 0 atom stereocenters. The van der Waals surface area contributed by atoms with Crippen molar-refractivity contribution < 1.29 is 19.7 Å². The van der Waals surface area contributed by atoms with Crippen molar-refractivity contribution >= 4 is 5.97 Å². The fourth-order valence-electron chi connectivity index (χ4n) is 3.08. The third kappa shape index (κ3) is 7.12. The lowest BCUT2D eigenvalue weighted by atomic mass is 9.94. The number of aromatic hydroxyl groups is 1. The van der Waals surface area contributed by atoms with Crippen molar-refractivity contribution in [3.8, 4) is 11.5 Å². The topological polar surface area (TPSA) is 66.8 Å². The third-order valence-electron chi connectivity index (χ3n) is 4.68. The van der Waals surface area contributed by atoms with E-state index in [9.17, 15) is 15.0 Å². The van der Waals surface area contributed by atoms with Gasteiger partial charge in [-0.05, 0) is 64.5 Å². The van der Waals surface area contributed by atoms with Crippen LogP contribution in [0.25, 0.3) is 0 Å². The number of hydrogen-bond acceptors (Lipinski definition) is 3. The van der Waals surface area contributed by atoms with Crippen molar-refractivity contribution in [3.63, 3.8) is 0 Å². The van der Waals surface area contributed by atoms with Crippen molar-refractivity contribution in [1.29, 1.82) is 0 Å². The van der Waals surface area contributed by atoms with Gasteiger partial charge in [0.1, 0.15) is 17.1 Å². The van der Waals surface area contributed by atoms with Gasteiger partial charge in [0.2, 0.25) is 0 Å². The first kappa shape index (κ1) is 22.8. The van der Waals surface area contributed by atoms with E-state index in [4.69, 9.17) is 4.74 Å². The van der Waals surface area contributed by atoms with Crippen LogP contribution in [0.3, 0.4) is 0 Å². The SMILES string of the molecule is CCCCCc1cc(OC)c(CC=C(C)CCC=C(C)C)c(O)c1C(=O)O. The zero-order valence-electron chi connectivity index (χ0n) is 17.4. The van der Waals surface area contributed by atoms with Gasteiger partial charge in [-0.1, -0.05) is 43.1 Å². The standard InChI is InChI=1S/C23H34O4/c1-6-7-8-12-18-15-20(27-5)19(22(24)21(18)23(25)26)14-13-17(4)11-9-10-16(2)3/h10,13,15,24H,6-9,11-12,14H2,1-5H3,(H,25,26). The van der Waals surface area contributed by atoms with E-state index in [1.165, 1.54) is 11.1 Å². The second kappa shape index (κ2) is 11.5. The first-order chi connectivity index (χ1) is 12.8. The van der Waals surface area contributed by atoms with Gasteiger partial charge in [-0.2, -0.15) is 0 Å². The highest BCUT2D eigenvalue weighted by molar-refractivity contribution is 5.93. The maximum absolute atomic E-state index is 11.7. The molecule has 0 aliphatic carbocycles. The maximum Gasteiger partial charge on any atom is 0.339 e. The minimum atomic E-state index is -1.09. The normalized spacial score (nSPS) is 11.4. The second-order valence-corrected chi connectivity index (χ2v) is 7.28. The zero-order chi connectivity index (χ0) is 20.4. The number of aromatic carboxylic acids is 1. The van der Waals surface area contributed by atoms with E-state index in [1.807, 2.05) is 6.08 Å². The summed E-state index contributed by atoms with van der Waals surface area (Å²) in [5.74, 6) is -0.703. The van der Waals surface area contributed by atoms with Gasteiger partial charge in [0, 0.05) is 5.56 Å². The molecule has 4 nitrogen and oxygen atoms in total. The summed E-state index contributed by atoms with van der Waals surface area (Å²) in [5.41, 5.74) is 3.69. The van der Waals surface area contributed by atoms with Crippen LogP contribution in [-0.2, 0) is 12.8 Å². The number of benzene rings is 1. The van der Waals surface area contributed by atoms with Crippen LogP contribution in [0.2, 0.25) is 0 Å². The summed E-state index contributed by atoms with van der Waals surface area (Å²) in [6.07, 6.45) is 10.2. The minimum absolute atomic E-state index is 0.0116. The number of ether oxygens (including phenoxy) is 1. The first-order valence-electron chi connectivity index (χ1n) is 9.75. The van der Waals surface area contributed by atoms with E-state index in [-0.39, 0.29) is 11.3 Å². The Morgan fingerprint density at radius 2 is 1.89 bits per heavy atom. The maximum atomic E-state index is 11.7. The highest BCUT2D eigenvalue weighted by Crippen LogP contribution is 2.36. The molecule has 1 aromatic rings. The molecule has 0 bridgehead atoms. The summed E-state index contributed by atoms with van der Waals surface area (Å²) in [7, 11) is 1.56. The molecule has 0 radical (unpaired) electrons. The third-order valence-corrected chi connectivity index (χ3v) is 4.68. The molecule has 0 unspecified atom stereocenters. The van der Waals surface area contributed by atoms with Crippen molar-refractivity contribution in [1.82, 2.24) is 0 Å². The number of aryl methyl sites for hydroxylation is 1. The fraction of sp³-hybridized carbons (Fsp3) is 0.522. The Kier molecular flexibility index (Phi) is 9.70. The Hall–Kier alpha value is -2.23. The Bertz CT molecular complexity index is 695. The molecule has 0 amide bonds. The number of allylic oxidation sites excluding steroid dienone is 4. The van der Waals surface area contributed by atoms with Gasteiger partial charge < -0.3 is 14.9 Å². The van der Waals surface area contributed by atoms with Crippen molar-refractivity contribution in [2.24, 2.45) is 0 Å². The Balaban J connectivity index is 3.13. The average Bonchev–Trinajstić information content (AvgIpc) is 2.59. The van der Waals surface area contributed by atoms with Crippen LogP contribution >= 0.6 is 0 Å². The van der Waals surface area contributed by atoms with E-state index in [0.717, 1.165) is 32.1 Å². The number of methoxy groups -OCH3 is 1. The monoisotopic (exact) mass is 374 g/mol. The Labute approximate surface area is 163 Å². The van der Waals surface area contributed by atoms with Crippen molar-refractivity contribution in [3.05, 3.63) is 46.1 Å². The molecule has 0 aliphatic rings. The van der Waals surface area contributed by atoms with Crippen LogP contribution in [0.4, 0.5) is 0 Å². The van der Waals surface area contributed by atoms with E-state index < -0.39 is 5.97 Å². The fourth-order valence-corrected chi connectivity index (χ4v) is 3.08. The van der Waals surface area contributed by atoms with Gasteiger partial charge in [-0.25, -0.2) is 4.79 Å². The predicted octanol–water partition coefficient (Wildman–Crippen LogP) is 6.07. The average molecular weight is 375 g/mol. The molecule has 0 heterocycles. The summed E-state index contributed by atoms with van der Waals surface area (Å²) < 4.78 is 5.46. The summed E-state index contributed by atoms with van der Waals surface area (Å²) in [4.78, 5) is 11.7. The number of phenols is 1. The van der Waals surface area contributed by atoms with Gasteiger partial charge in [0.25, 0.3) is 0 Å². The lowest BCUT2D eigenvalue weighted by molar-refractivity contribution is 0.0692. The smallest absolute Gasteiger partial charge is 0.339 e. The largest absolute Gasteiger partial charge is 0.507 e. The van der Waals surface area contributed by atoms with Gasteiger partial charge in [-0.3, -0.25) is 0 Å². The van der Waals surface area contributed by atoms with Crippen LogP contribution in [-0.4, -0.2) is 23.3 Å². The van der Waals surface area contributed by atoms with Crippen LogP contribution < -0.4 is 4.74 Å². The second-order valence-electron chi connectivity index (χ2n) is 7.28. The zero-order valence-corrected chi connectivity index (χ0v) is 17.4. The van der Waals surface area contributed by atoms with E-state index in [0.29, 0.717) is 29.7 Å². The molecule has 0 saturated heterocycles. The molecule has 0 aliphatic heterocycles. The van der Waals surface area contributed by atoms with E-state index >= 15 is 0 Å². The molecule has 0 saturated carbocycles. The molecular formula is C23H34O4. The predicted molar refractivity (Wildman–Crippen MR) is 111 cm³/mol. The van der Waals surface area contributed by atoms with Crippen LogP contribution in [0.5, 0.6) is 11.5 Å². The molecule has 0 fully saturated rings. The molecule has 27 heavy (non-hydrogen) atoms. The number of carbonyl (C=O) groups is 1. The van der Waals surface area contributed by atoms with Gasteiger partial charge in [0.05, 0.1) is 7.11 Å². The van der Waals surface area contributed by atoms with Crippen molar-refractivity contribution in [2.75, 3.05) is 7.11 Å². The van der Waals surface area contributed by atoms with Crippen LogP contribution in [0.15, 0.2) is 29.4 Å². The molecule has 4 heteroatoms. The summed E-state index contributed by atoms with van der Waals surface area (Å²) in [6.45, 7) is 8.32. The number of rotatable bonds is 11. The first-order valence-corrected chi connectivity index (χ1v) is 9.75. The number of unbranched alkanes of at least 4 members (excludes halogenated alkanes) is 2. The number of hydrogen-bond donors (Lipinski definition) is 2. The number of carboxylic acid groups (broad SMARTS) is 1. The molecule has 2 N–H and O–H groups in total. The minimum Gasteiger partial charge on any atom is -0.507 e. The molecule has 0 spiro atoms. The number of carboxylic acids is 1. The highest BCUT2D eigenvalue weighted by atomic mass is 16.5. The van der Waals surface area contributed by atoms with Crippen LogP contribution in [0, 0.1) is 0 Å². The van der Waals surface area contributed by atoms with Crippen molar-refractivity contribution in [2.45, 2.75) is 72.6 Å². The lowest BCUT2D eigenvalue weighted by Gasteiger charge is -2.16. The highest BCUT2D eigenvalue weighted by Gasteiger charge is 2.22. The van der Waals surface area contributed by atoms with E-state index in [2.05, 4.69) is 33.8 Å². The molecular weight excluding hydrogens is 340 g/mol. The molecule has 150 valence electrons. The molecule has 1 aromatic carbocycles. The quantitative estimate of drug-likeness (QED) is 0.364. The van der Waals surface area contributed by atoms with Gasteiger partial charge in [0.15, 0.2) is 0 Å². The summed E-state index contributed by atoms with van der Waals surface area (Å²) in [5, 5.41) is 20.3. The lowest BCUT2D eigenvalue weighted by Crippen LogP contribution is -2.07. The Morgan fingerprint density at radius 1 is 1.19 bits per heavy atom. The summed E-state index contributed by atoms with van der Waals surface area (Å²) in [6, 6.07) is 1.78. The van der Waals surface area contributed by atoms with Gasteiger partial charge in [-0.15, -0.1) is 0 Å². The van der Waals surface area contributed by atoms with Crippen LogP contribution in [0.1, 0.15) is 81.3 Å². The van der Waals surface area contributed by atoms with Gasteiger partial charge >= 0.3 is 5.97 Å². The Morgan fingerprint density at radius 3 is 2.44 bits per heavy atom. The molecule has 1 rings (SSSR count). The molecule has 0 aromatic heterocycles. The van der Waals surface area contributed by atoms with E-state index in [1.54, 1.807) is 13.2 Å².